The van der Waals surface area contributed by atoms with Gasteiger partial charge in [0.15, 0.2) is 0 Å². The lowest BCUT2D eigenvalue weighted by Crippen LogP contribution is -2.33. The highest BCUT2D eigenvalue weighted by Gasteiger charge is 2.44. The molecule has 3 rings (SSSR count). The van der Waals surface area contributed by atoms with Gasteiger partial charge in [0.05, 0.1) is 6.16 Å². The molecular weight excluding hydrogens is 323 g/mol. The summed E-state index contributed by atoms with van der Waals surface area (Å²) < 4.78 is 0. The van der Waals surface area contributed by atoms with Gasteiger partial charge in [0.2, 0.25) is 0 Å². The first-order valence-electron chi connectivity index (χ1n) is 8.83. The number of hydrogen-bond acceptors (Lipinski definition) is 1. The molecule has 25 heavy (non-hydrogen) atoms. The van der Waals surface area contributed by atoms with E-state index >= 15 is 0 Å². The summed E-state index contributed by atoms with van der Waals surface area (Å²) in [4.78, 5) is 0. The quantitative estimate of drug-likeness (QED) is 0.621. The molecular formula is C23H27OP. The van der Waals surface area contributed by atoms with Crippen molar-refractivity contribution < 1.29 is 5.11 Å². The van der Waals surface area contributed by atoms with Gasteiger partial charge in [-0.05, 0) is 42.8 Å². The van der Waals surface area contributed by atoms with Crippen molar-refractivity contribution in [2.75, 3.05) is 13.3 Å². The molecule has 0 saturated heterocycles. The van der Waals surface area contributed by atoms with Crippen LogP contribution in [0.5, 0.6) is 0 Å². The van der Waals surface area contributed by atoms with E-state index in [-0.39, 0.29) is 0 Å². The third kappa shape index (κ3) is 4.37. The smallest absolute Gasteiger partial charge is 0.112 e. The summed E-state index contributed by atoms with van der Waals surface area (Å²) in [6, 6.07) is 33.4. The largest absolute Gasteiger partial charge is 0.857 e. The minimum absolute atomic E-state index is 0.750. The standard InChI is InChI=1S/C22H24P.CH3O/c1-2-3-19-23(20-13-7-4-8-14-20,21-15-9-5-10-16-21)22-17-11-6-12-18-22;1-2/h4-18H,2-3,19H2,1H3;1H3/q+1;-1. The molecule has 0 unspecified atom stereocenters. The van der Waals surface area contributed by atoms with Gasteiger partial charge in [0, 0.05) is 0 Å². The fourth-order valence-electron chi connectivity index (χ4n) is 3.28. The summed E-state index contributed by atoms with van der Waals surface area (Å²) in [5.41, 5.74) is 0. The van der Waals surface area contributed by atoms with Crippen molar-refractivity contribution in [3.8, 4) is 0 Å². The Hall–Kier alpha value is -1.95. The van der Waals surface area contributed by atoms with Gasteiger partial charge >= 0.3 is 0 Å². The molecule has 3 aromatic carbocycles. The number of hydrogen-bond donors (Lipinski definition) is 0. The topological polar surface area (TPSA) is 23.1 Å². The van der Waals surface area contributed by atoms with E-state index in [4.69, 9.17) is 5.11 Å². The highest BCUT2D eigenvalue weighted by Crippen LogP contribution is 2.55. The predicted octanol–water partition coefficient (Wildman–Crippen LogP) is 3.76. The van der Waals surface area contributed by atoms with E-state index in [1.807, 2.05) is 0 Å². The normalized spacial score (nSPS) is 10.7. The van der Waals surface area contributed by atoms with E-state index in [1.54, 1.807) is 0 Å². The Morgan fingerprint density at radius 2 is 0.920 bits per heavy atom. The zero-order valence-corrected chi connectivity index (χ0v) is 16.0. The third-order valence-electron chi connectivity index (χ3n) is 4.44. The van der Waals surface area contributed by atoms with E-state index in [1.165, 1.54) is 34.9 Å². The van der Waals surface area contributed by atoms with Crippen molar-refractivity contribution in [3.63, 3.8) is 0 Å². The van der Waals surface area contributed by atoms with Gasteiger partial charge in [-0.1, -0.05) is 67.9 Å². The minimum atomic E-state index is -1.57. The molecule has 0 N–H and O–H groups in total. The van der Waals surface area contributed by atoms with Crippen LogP contribution in [0, 0.1) is 0 Å². The van der Waals surface area contributed by atoms with Gasteiger partial charge in [-0.25, -0.2) is 0 Å². The molecule has 0 heterocycles. The van der Waals surface area contributed by atoms with E-state index < -0.39 is 7.26 Å². The van der Waals surface area contributed by atoms with Crippen molar-refractivity contribution in [3.05, 3.63) is 91.0 Å². The molecule has 1 nitrogen and oxygen atoms in total. The fraction of sp³-hybridized carbons (Fsp3) is 0.217. The van der Waals surface area contributed by atoms with Gasteiger partial charge < -0.3 is 5.11 Å². The zero-order valence-electron chi connectivity index (χ0n) is 15.1. The monoisotopic (exact) mass is 350 g/mol. The molecule has 130 valence electrons. The third-order valence-corrected chi connectivity index (χ3v) is 8.96. The summed E-state index contributed by atoms with van der Waals surface area (Å²) in [6.07, 6.45) is 3.72. The zero-order chi connectivity index (χ0) is 18.0. The summed E-state index contributed by atoms with van der Waals surface area (Å²) >= 11 is 0. The predicted molar refractivity (Wildman–Crippen MR) is 111 cm³/mol. The van der Waals surface area contributed by atoms with Crippen molar-refractivity contribution in [1.82, 2.24) is 0 Å². The van der Waals surface area contributed by atoms with Crippen LogP contribution in [0.1, 0.15) is 19.8 Å². The number of unbranched alkanes of at least 4 members (excludes halogenated alkanes) is 1. The minimum Gasteiger partial charge on any atom is -0.857 e. The Bertz CT molecular complexity index is 614. The molecule has 3 aromatic rings. The van der Waals surface area contributed by atoms with Crippen LogP contribution in [0.2, 0.25) is 0 Å². The van der Waals surface area contributed by atoms with E-state index in [0.717, 1.165) is 7.11 Å². The molecule has 0 fully saturated rings. The van der Waals surface area contributed by atoms with Crippen molar-refractivity contribution in [1.29, 1.82) is 0 Å². The van der Waals surface area contributed by atoms with Crippen molar-refractivity contribution in [2.24, 2.45) is 0 Å². The van der Waals surface area contributed by atoms with Gasteiger partial charge in [-0.3, -0.25) is 0 Å². The maximum atomic E-state index is 8.25. The van der Waals surface area contributed by atoms with Crippen LogP contribution < -0.4 is 21.0 Å². The molecule has 0 aliphatic rings. The van der Waals surface area contributed by atoms with Crippen LogP contribution in [0.25, 0.3) is 0 Å². The second kappa shape index (κ2) is 10.1. The van der Waals surface area contributed by atoms with Crippen molar-refractivity contribution in [2.45, 2.75) is 19.8 Å². The van der Waals surface area contributed by atoms with E-state index in [0.29, 0.717) is 0 Å². The van der Waals surface area contributed by atoms with Gasteiger partial charge in [0.25, 0.3) is 0 Å². The molecule has 0 aromatic heterocycles. The summed E-state index contributed by atoms with van der Waals surface area (Å²) in [6.45, 7) is 2.29. The van der Waals surface area contributed by atoms with E-state index in [9.17, 15) is 0 Å². The highest BCUT2D eigenvalue weighted by atomic mass is 31.2. The Kier molecular flexibility index (Phi) is 7.85. The van der Waals surface area contributed by atoms with Gasteiger partial charge in [-0.2, -0.15) is 7.11 Å². The number of benzene rings is 3. The lowest BCUT2D eigenvalue weighted by atomic mass is 10.3. The molecule has 0 amide bonds. The lowest BCUT2D eigenvalue weighted by Gasteiger charge is -2.27. The molecule has 0 atom stereocenters. The highest BCUT2D eigenvalue weighted by molar-refractivity contribution is 7.95. The second-order valence-corrected chi connectivity index (χ2v) is 9.51. The first-order valence-corrected chi connectivity index (χ1v) is 10.8. The summed E-state index contributed by atoms with van der Waals surface area (Å²) in [7, 11) is -0.820. The Morgan fingerprint density at radius 3 is 1.20 bits per heavy atom. The Balaban J connectivity index is 0.00000109. The van der Waals surface area contributed by atoms with Crippen LogP contribution in [-0.2, 0) is 0 Å². The second-order valence-electron chi connectivity index (χ2n) is 5.89. The van der Waals surface area contributed by atoms with Crippen LogP contribution in [-0.4, -0.2) is 13.3 Å². The fourth-order valence-corrected chi connectivity index (χ4v) is 7.78. The van der Waals surface area contributed by atoms with Crippen LogP contribution >= 0.6 is 7.26 Å². The maximum absolute atomic E-state index is 8.25. The van der Waals surface area contributed by atoms with Crippen LogP contribution in [0.15, 0.2) is 91.0 Å². The average molecular weight is 350 g/mol. The average Bonchev–Trinajstić information content (AvgIpc) is 2.72. The molecule has 2 heteroatoms. The Labute approximate surface area is 152 Å². The first kappa shape index (κ1) is 19.4. The SMILES string of the molecule is CCCC[P+](c1ccccc1)(c1ccccc1)c1ccccc1.C[O-]. The number of rotatable bonds is 6. The molecule has 0 bridgehead atoms. The van der Waals surface area contributed by atoms with Crippen molar-refractivity contribution >= 4 is 23.2 Å². The molecule has 0 saturated carbocycles. The molecule has 0 radical (unpaired) electrons. The Morgan fingerprint density at radius 1 is 0.600 bits per heavy atom. The maximum Gasteiger partial charge on any atom is 0.112 e. The summed E-state index contributed by atoms with van der Waals surface area (Å²) in [5.74, 6) is 0. The van der Waals surface area contributed by atoms with Gasteiger partial charge in [-0.15, -0.1) is 0 Å². The van der Waals surface area contributed by atoms with Gasteiger partial charge in [0.1, 0.15) is 23.2 Å². The molecule has 0 aliphatic carbocycles. The first-order chi connectivity index (χ1) is 12.4. The summed E-state index contributed by atoms with van der Waals surface area (Å²) in [5, 5.41) is 12.7. The molecule has 0 spiro atoms. The van der Waals surface area contributed by atoms with Crippen LogP contribution in [0.3, 0.4) is 0 Å². The lowest BCUT2D eigenvalue weighted by molar-refractivity contribution is -0.325. The molecule has 0 aliphatic heterocycles. The van der Waals surface area contributed by atoms with E-state index in [2.05, 4.69) is 97.9 Å². The van der Waals surface area contributed by atoms with Crippen LogP contribution in [0.4, 0.5) is 0 Å².